The summed E-state index contributed by atoms with van der Waals surface area (Å²) < 4.78 is 1.94. The lowest BCUT2D eigenvalue weighted by atomic mass is 10.1. The second-order valence-electron chi connectivity index (χ2n) is 7.02. The highest BCUT2D eigenvalue weighted by Gasteiger charge is 2.13. The van der Waals surface area contributed by atoms with Gasteiger partial charge in [0.15, 0.2) is 0 Å². The van der Waals surface area contributed by atoms with Crippen LogP contribution in [0.4, 0.5) is 0 Å². The first-order valence-electron chi connectivity index (χ1n) is 9.53. The van der Waals surface area contributed by atoms with Gasteiger partial charge in [0.2, 0.25) is 5.91 Å². The zero-order valence-electron chi connectivity index (χ0n) is 17.0. The lowest BCUT2D eigenvalue weighted by Crippen LogP contribution is -2.23. The van der Waals surface area contributed by atoms with Gasteiger partial charge in [0, 0.05) is 34.9 Å². The maximum atomic E-state index is 12.3. The Morgan fingerprint density at radius 1 is 1.04 bits per heavy atom. The largest absolute Gasteiger partial charge is 0.352 e. The molecule has 1 aromatic heterocycles. The third kappa shape index (κ3) is 4.84. The van der Waals surface area contributed by atoms with Gasteiger partial charge in [-0.2, -0.15) is 5.10 Å². The van der Waals surface area contributed by atoms with Crippen LogP contribution in [0.25, 0.3) is 5.69 Å². The number of aryl methyl sites for hydroxylation is 3. The molecule has 1 N–H and O–H groups in total. The number of aromatic nitrogens is 2. The molecule has 28 heavy (non-hydrogen) atoms. The Hall–Kier alpha value is -2.53. The molecule has 0 bridgehead atoms. The van der Waals surface area contributed by atoms with E-state index >= 15 is 0 Å². The van der Waals surface area contributed by atoms with E-state index in [9.17, 15) is 4.79 Å². The standard InChI is InChI=1S/C23H27N3OS/c1-16-10-11-21(14-17(16)2)28-13-12-23(27)24-15-22-18(3)25-26(19(22)4)20-8-6-5-7-9-20/h5-11,14H,12-13,15H2,1-4H3,(H,24,27). The molecular weight excluding hydrogens is 366 g/mol. The van der Waals surface area contributed by atoms with Crippen molar-refractivity contribution >= 4 is 17.7 Å². The van der Waals surface area contributed by atoms with Crippen LogP contribution in [0.1, 0.15) is 34.5 Å². The molecule has 4 nitrogen and oxygen atoms in total. The van der Waals surface area contributed by atoms with Crippen molar-refractivity contribution < 1.29 is 4.79 Å². The van der Waals surface area contributed by atoms with Gasteiger partial charge in [0.1, 0.15) is 0 Å². The van der Waals surface area contributed by atoms with Crippen molar-refractivity contribution in [2.24, 2.45) is 0 Å². The lowest BCUT2D eigenvalue weighted by molar-refractivity contribution is -0.120. The van der Waals surface area contributed by atoms with Crippen molar-refractivity contribution in [2.75, 3.05) is 5.75 Å². The molecule has 0 fully saturated rings. The van der Waals surface area contributed by atoms with Crippen molar-refractivity contribution in [2.45, 2.75) is 45.6 Å². The Morgan fingerprint density at radius 3 is 2.50 bits per heavy atom. The minimum Gasteiger partial charge on any atom is -0.352 e. The van der Waals surface area contributed by atoms with E-state index in [1.807, 2.05) is 48.9 Å². The van der Waals surface area contributed by atoms with Gasteiger partial charge in [-0.05, 0) is 63.1 Å². The molecule has 146 valence electrons. The van der Waals surface area contributed by atoms with E-state index in [1.165, 1.54) is 16.0 Å². The number of benzene rings is 2. The summed E-state index contributed by atoms with van der Waals surface area (Å²) in [5, 5.41) is 7.68. The van der Waals surface area contributed by atoms with Gasteiger partial charge in [-0.3, -0.25) is 4.79 Å². The molecule has 0 saturated carbocycles. The van der Waals surface area contributed by atoms with Gasteiger partial charge >= 0.3 is 0 Å². The smallest absolute Gasteiger partial charge is 0.221 e. The highest BCUT2D eigenvalue weighted by molar-refractivity contribution is 7.99. The molecule has 0 aliphatic rings. The number of carbonyl (C=O) groups is 1. The maximum Gasteiger partial charge on any atom is 0.221 e. The van der Waals surface area contributed by atoms with E-state index in [4.69, 9.17) is 0 Å². The fraction of sp³-hybridized carbons (Fsp3) is 0.304. The third-order valence-electron chi connectivity index (χ3n) is 4.98. The average molecular weight is 394 g/mol. The molecule has 0 saturated heterocycles. The SMILES string of the molecule is Cc1ccc(SCCC(=O)NCc2c(C)nn(-c3ccccc3)c2C)cc1C. The van der Waals surface area contributed by atoms with Gasteiger partial charge in [-0.25, -0.2) is 4.68 Å². The van der Waals surface area contributed by atoms with Gasteiger partial charge in [-0.15, -0.1) is 11.8 Å². The molecule has 3 rings (SSSR count). The zero-order valence-corrected chi connectivity index (χ0v) is 17.8. The average Bonchev–Trinajstić information content (AvgIpc) is 2.97. The number of nitrogens with one attached hydrogen (secondary N) is 1. The summed E-state index contributed by atoms with van der Waals surface area (Å²) in [5.41, 5.74) is 6.71. The number of hydrogen-bond acceptors (Lipinski definition) is 3. The summed E-state index contributed by atoms with van der Waals surface area (Å²) in [6.45, 7) is 8.78. The topological polar surface area (TPSA) is 46.9 Å². The molecule has 0 unspecified atom stereocenters. The van der Waals surface area contributed by atoms with E-state index in [1.54, 1.807) is 11.8 Å². The Labute approximate surface area is 171 Å². The third-order valence-corrected chi connectivity index (χ3v) is 5.98. The molecule has 1 amide bonds. The number of amides is 1. The van der Waals surface area contributed by atoms with Crippen LogP contribution in [0, 0.1) is 27.7 Å². The zero-order chi connectivity index (χ0) is 20.1. The summed E-state index contributed by atoms with van der Waals surface area (Å²) in [6.07, 6.45) is 0.502. The highest BCUT2D eigenvalue weighted by Crippen LogP contribution is 2.22. The van der Waals surface area contributed by atoms with Crippen LogP contribution < -0.4 is 5.32 Å². The van der Waals surface area contributed by atoms with E-state index in [0.717, 1.165) is 28.4 Å². The Kier molecular flexibility index (Phi) is 6.57. The second kappa shape index (κ2) is 9.11. The molecular formula is C23H27N3OS. The van der Waals surface area contributed by atoms with Crippen LogP contribution in [-0.4, -0.2) is 21.4 Å². The number of thioether (sulfide) groups is 1. The molecule has 1 heterocycles. The van der Waals surface area contributed by atoms with Gasteiger partial charge in [0.25, 0.3) is 0 Å². The second-order valence-corrected chi connectivity index (χ2v) is 8.19. The van der Waals surface area contributed by atoms with Gasteiger partial charge in [-0.1, -0.05) is 24.3 Å². The normalized spacial score (nSPS) is 10.9. The van der Waals surface area contributed by atoms with E-state index in [2.05, 4.69) is 42.5 Å². The summed E-state index contributed by atoms with van der Waals surface area (Å²) >= 11 is 1.72. The molecule has 0 atom stereocenters. The quantitative estimate of drug-likeness (QED) is 0.581. The van der Waals surface area contributed by atoms with Crippen LogP contribution in [0.5, 0.6) is 0 Å². The van der Waals surface area contributed by atoms with E-state index in [-0.39, 0.29) is 5.91 Å². The number of hydrogen-bond donors (Lipinski definition) is 1. The number of rotatable bonds is 7. The van der Waals surface area contributed by atoms with Gasteiger partial charge < -0.3 is 5.32 Å². The first kappa shape index (κ1) is 20.2. The minimum absolute atomic E-state index is 0.0718. The van der Waals surface area contributed by atoms with Gasteiger partial charge in [0.05, 0.1) is 11.4 Å². The van der Waals surface area contributed by atoms with E-state index < -0.39 is 0 Å². The van der Waals surface area contributed by atoms with Crippen molar-refractivity contribution in [1.82, 2.24) is 15.1 Å². The molecule has 2 aromatic carbocycles. The van der Waals surface area contributed by atoms with Crippen LogP contribution in [0.2, 0.25) is 0 Å². The first-order chi connectivity index (χ1) is 13.5. The molecule has 0 aliphatic carbocycles. The Bertz CT molecular complexity index is 963. The summed E-state index contributed by atoms with van der Waals surface area (Å²) in [4.78, 5) is 13.5. The molecule has 5 heteroatoms. The number of carbonyl (C=O) groups excluding carboxylic acids is 1. The molecule has 0 aliphatic heterocycles. The monoisotopic (exact) mass is 393 g/mol. The van der Waals surface area contributed by atoms with Crippen LogP contribution in [0.3, 0.4) is 0 Å². The Morgan fingerprint density at radius 2 is 1.79 bits per heavy atom. The predicted octanol–water partition coefficient (Wildman–Crippen LogP) is 4.90. The summed E-state index contributed by atoms with van der Waals surface area (Å²) in [6, 6.07) is 16.5. The fourth-order valence-corrected chi connectivity index (χ4v) is 4.04. The number of nitrogens with zero attached hydrogens (tertiary/aromatic N) is 2. The minimum atomic E-state index is 0.0718. The predicted molar refractivity (Wildman–Crippen MR) is 116 cm³/mol. The van der Waals surface area contributed by atoms with Crippen molar-refractivity contribution in [3.8, 4) is 5.69 Å². The molecule has 0 radical (unpaired) electrons. The summed E-state index contributed by atoms with van der Waals surface area (Å²) in [7, 11) is 0. The van der Waals surface area contributed by atoms with Crippen LogP contribution in [0.15, 0.2) is 53.4 Å². The molecule has 3 aromatic rings. The van der Waals surface area contributed by atoms with E-state index in [0.29, 0.717) is 13.0 Å². The van der Waals surface area contributed by atoms with Crippen LogP contribution in [-0.2, 0) is 11.3 Å². The highest BCUT2D eigenvalue weighted by atomic mass is 32.2. The maximum absolute atomic E-state index is 12.3. The molecule has 0 spiro atoms. The van der Waals surface area contributed by atoms with Crippen LogP contribution >= 0.6 is 11.8 Å². The van der Waals surface area contributed by atoms with Crippen molar-refractivity contribution in [3.63, 3.8) is 0 Å². The Balaban J connectivity index is 1.53. The first-order valence-corrected chi connectivity index (χ1v) is 10.5. The van der Waals surface area contributed by atoms with Crippen molar-refractivity contribution in [1.29, 1.82) is 0 Å². The lowest BCUT2D eigenvalue weighted by Gasteiger charge is -2.08. The fourth-order valence-electron chi connectivity index (χ4n) is 3.09. The number of para-hydroxylation sites is 1. The van der Waals surface area contributed by atoms with Crippen molar-refractivity contribution in [3.05, 3.63) is 76.6 Å². The summed E-state index contributed by atoms with van der Waals surface area (Å²) in [5.74, 6) is 0.845.